The number of esters is 3. The number of hydrogen-bond acceptors (Lipinski definition) is 10. The highest BCUT2D eigenvalue weighted by atomic mass is 16.6. The maximum atomic E-state index is 11.0. The number of rotatable bonds is 21. The van der Waals surface area contributed by atoms with Crippen LogP contribution in [0.15, 0.2) is 97.6 Å². The lowest BCUT2D eigenvalue weighted by molar-refractivity contribution is -0.141. The molecule has 0 fully saturated rings. The molecule has 0 aliphatic rings. The highest BCUT2D eigenvalue weighted by Gasteiger charge is 2.02. The Labute approximate surface area is 294 Å². The Morgan fingerprint density at radius 3 is 1.37 bits per heavy atom. The molecule has 0 amide bonds. The van der Waals surface area contributed by atoms with E-state index in [4.69, 9.17) is 28.4 Å². The molecule has 0 saturated heterocycles. The van der Waals surface area contributed by atoms with Crippen LogP contribution in [0.2, 0.25) is 0 Å². The molecule has 10 nitrogen and oxygen atoms in total. The molecule has 0 aliphatic carbocycles. The first-order valence-electron chi connectivity index (χ1n) is 16.6. The zero-order valence-electron chi connectivity index (χ0n) is 30.2. The quantitative estimate of drug-likeness (QED) is 0.0559. The van der Waals surface area contributed by atoms with E-state index in [-0.39, 0.29) is 18.5 Å². The first kappa shape index (κ1) is 46.7. The molecule has 0 aliphatic heterocycles. The smallest absolute Gasteiger partial charge is 0.333 e. The predicted octanol–water partition coefficient (Wildman–Crippen LogP) is 7.72. The van der Waals surface area contributed by atoms with Crippen molar-refractivity contribution in [1.29, 1.82) is 0 Å². The van der Waals surface area contributed by atoms with Gasteiger partial charge in [-0.1, -0.05) is 82.8 Å². The number of carbonyl (C=O) groups is 3. The van der Waals surface area contributed by atoms with Crippen LogP contribution in [0.3, 0.4) is 0 Å². The largest absolute Gasteiger partial charge is 0.494 e. The van der Waals surface area contributed by atoms with Crippen molar-refractivity contribution in [2.45, 2.75) is 60.3 Å². The van der Waals surface area contributed by atoms with Gasteiger partial charge in [0.25, 0.3) is 0 Å². The van der Waals surface area contributed by atoms with Crippen molar-refractivity contribution in [2.75, 3.05) is 59.5 Å². The van der Waals surface area contributed by atoms with E-state index in [0.717, 1.165) is 63.1 Å². The van der Waals surface area contributed by atoms with Crippen molar-refractivity contribution in [3.05, 3.63) is 97.6 Å². The van der Waals surface area contributed by atoms with E-state index in [9.17, 15) is 14.4 Å². The second-order valence-corrected chi connectivity index (χ2v) is 10.0. The lowest BCUT2D eigenvalue weighted by atomic mass is 10.3. The lowest BCUT2D eigenvalue weighted by Crippen LogP contribution is -2.12. The van der Waals surface area contributed by atoms with Gasteiger partial charge in [0.2, 0.25) is 0 Å². The molecule has 0 unspecified atom stereocenters. The maximum Gasteiger partial charge on any atom is 0.333 e. The van der Waals surface area contributed by atoms with Gasteiger partial charge in [0.05, 0.1) is 19.8 Å². The number of para-hydroxylation sites is 2. The summed E-state index contributed by atoms with van der Waals surface area (Å²) in [6, 6.07) is 19.2. The van der Waals surface area contributed by atoms with Crippen LogP contribution >= 0.6 is 0 Å². The summed E-state index contributed by atoms with van der Waals surface area (Å²) in [6.07, 6.45) is 5.48. The van der Waals surface area contributed by atoms with Crippen LogP contribution < -0.4 is 9.47 Å². The highest BCUT2D eigenvalue weighted by molar-refractivity contribution is 5.87. The maximum absolute atomic E-state index is 11.0. The summed E-state index contributed by atoms with van der Waals surface area (Å²) in [6.45, 7) is 24.0. The molecule has 2 rings (SSSR count). The lowest BCUT2D eigenvalue weighted by Gasteiger charge is -2.06. The van der Waals surface area contributed by atoms with E-state index < -0.39 is 5.97 Å². The minimum Gasteiger partial charge on any atom is -0.494 e. The molecule has 274 valence electrons. The molecule has 2 aromatic carbocycles. The van der Waals surface area contributed by atoms with Gasteiger partial charge in [-0.2, -0.15) is 0 Å². The molecular weight excluding hydrogens is 628 g/mol. The summed E-state index contributed by atoms with van der Waals surface area (Å²) in [5, 5.41) is 0. The number of carbonyl (C=O) groups excluding carboxylic acids is 3. The minimum absolute atomic E-state index is 0.237. The van der Waals surface area contributed by atoms with Gasteiger partial charge in [0, 0.05) is 30.4 Å². The topological polar surface area (TPSA) is 116 Å². The molecule has 0 spiro atoms. The molecule has 0 radical (unpaired) electrons. The number of ether oxygens (including phenoxy) is 7. The molecular formula is C39H58O10. The van der Waals surface area contributed by atoms with Crippen molar-refractivity contribution < 1.29 is 47.5 Å². The van der Waals surface area contributed by atoms with Gasteiger partial charge in [-0.15, -0.1) is 0 Å². The van der Waals surface area contributed by atoms with Crippen molar-refractivity contribution >= 4 is 17.9 Å². The Morgan fingerprint density at radius 2 is 0.980 bits per heavy atom. The monoisotopic (exact) mass is 686 g/mol. The van der Waals surface area contributed by atoms with Crippen LogP contribution in [-0.4, -0.2) is 77.4 Å². The Kier molecular flexibility index (Phi) is 33.3. The fraction of sp³-hybridized carbons (Fsp3) is 0.462. The van der Waals surface area contributed by atoms with Crippen molar-refractivity contribution in [3.8, 4) is 11.5 Å². The van der Waals surface area contributed by atoms with Crippen LogP contribution in [0.4, 0.5) is 0 Å². The molecule has 0 aromatic heterocycles. The van der Waals surface area contributed by atoms with E-state index in [1.54, 1.807) is 13.8 Å². The van der Waals surface area contributed by atoms with E-state index >= 15 is 0 Å². The number of unbranched alkanes of at least 4 members (excludes halogenated alkanes) is 2. The van der Waals surface area contributed by atoms with E-state index in [2.05, 4.69) is 38.3 Å². The van der Waals surface area contributed by atoms with Gasteiger partial charge >= 0.3 is 17.9 Å². The first-order valence-corrected chi connectivity index (χ1v) is 16.6. The minimum atomic E-state index is -0.394. The second-order valence-electron chi connectivity index (χ2n) is 10.0. The third kappa shape index (κ3) is 33.3. The molecule has 10 heteroatoms. The average molecular weight is 687 g/mol. The fourth-order valence-corrected chi connectivity index (χ4v) is 2.89. The molecule has 0 N–H and O–H groups in total. The van der Waals surface area contributed by atoms with Gasteiger partial charge in [-0.3, -0.25) is 0 Å². The van der Waals surface area contributed by atoms with E-state index in [1.807, 2.05) is 67.6 Å². The average Bonchev–Trinajstić information content (AvgIpc) is 3.11. The molecule has 49 heavy (non-hydrogen) atoms. The van der Waals surface area contributed by atoms with Crippen molar-refractivity contribution in [2.24, 2.45) is 0 Å². The molecule has 0 bridgehead atoms. The fourth-order valence-electron chi connectivity index (χ4n) is 2.89. The van der Waals surface area contributed by atoms with Crippen LogP contribution in [0.5, 0.6) is 11.5 Å². The third-order valence-corrected chi connectivity index (χ3v) is 5.46. The zero-order valence-corrected chi connectivity index (χ0v) is 30.2. The predicted molar refractivity (Wildman–Crippen MR) is 194 cm³/mol. The van der Waals surface area contributed by atoms with E-state index in [0.29, 0.717) is 44.2 Å². The van der Waals surface area contributed by atoms with E-state index in [1.165, 1.54) is 0 Å². The normalized spacial score (nSPS) is 9.41. The van der Waals surface area contributed by atoms with Crippen molar-refractivity contribution in [1.82, 2.24) is 0 Å². The van der Waals surface area contributed by atoms with Crippen LogP contribution in [0.25, 0.3) is 0 Å². The Morgan fingerprint density at radius 1 is 0.571 bits per heavy atom. The summed E-state index contributed by atoms with van der Waals surface area (Å²) >= 11 is 0. The Balaban J connectivity index is 0. The standard InChI is InChI=1S/C12H14O3.C10H18O3.C9H16O3.C8H10O/c1-10(2)12(13)15-9-8-14-11-6-4-3-5-7-11;1-4-5-6-12-7-8-13-10(11)9(2)3;1-3-5-6-11-7-8-12-9(10)4-2;1-2-9-8-6-4-3-5-7-8/h3-7H,1,8-9H2,2H3;2,4-8H2,1,3H3;4H,2-3,5-8H2,1H3;3-7H,2H2,1H3. The Hall–Kier alpha value is -4.41. The summed E-state index contributed by atoms with van der Waals surface area (Å²) in [5.74, 6) is 0.587. The summed E-state index contributed by atoms with van der Waals surface area (Å²) < 4.78 is 35.3. The van der Waals surface area contributed by atoms with Gasteiger partial charge in [0.15, 0.2) is 0 Å². The zero-order chi connectivity index (χ0) is 37.0. The Bertz CT molecular complexity index is 1130. The van der Waals surface area contributed by atoms with Crippen molar-refractivity contribution in [3.63, 3.8) is 0 Å². The number of benzene rings is 2. The summed E-state index contributed by atoms with van der Waals surface area (Å²) in [5.41, 5.74) is 0.822. The van der Waals surface area contributed by atoms with Gasteiger partial charge in [-0.25, -0.2) is 14.4 Å². The molecule has 0 atom stereocenters. The van der Waals surface area contributed by atoms with Gasteiger partial charge in [-0.05, 0) is 57.9 Å². The summed E-state index contributed by atoms with van der Waals surface area (Å²) in [4.78, 5) is 32.3. The molecule has 2 aromatic rings. The SMILES string of the molecule is C=C(C)C(=O)OCCOCCCC.C=C(C)C(=O)OCCOc1ccccc1.C=CC(=O)OCCOCCCC.CCOc1ccccc1. The van der Waals surface area contributed by atoms with Gasteiger partial charge in [0.1, 0.15) is 37.9 Å². The molecule has 0 heterocycles. The second kappa shape index (κ2) is 34.9. The highest BCUT2D eigenvalue weighted by Crippen LogP contribution is 2.08. The van der Waals surface area contributed by atoms with Gasteiger partial charge < -0.3 is 33.2 Å². The summed E-state index contributed by atoms with van der Waals surface area (Å²) in [7, 11) is 0. The van der Waals surface area contributed by atoms with Crippen LogP contribution in [-0.2, 0) is 38.1 Å². The van der Waals surface area contributed by atoms with Crippen LogP contribution in [0, 0.1) is 0 Å². The molecule has 0 saturated carbocycles. The number of hydrogen-bond donors (Lipinski definition) is 0. The third-order valence-electron chi connectivity index (χ3n) is 5.46. The van der Waals surface area contributed by atoms with Crippen LogP contribution in [0.1, 0.15) is 60.3 Å². The first-order chi connectivity index (χ1) is 23.6.